The van der Waals surface area contributed by atoms with Crippen LogP contribution in [0.4, 0.5) is 0 Å². The molecule has 4 rings (SSSR count). The van der Waals surface area contributed by atoms with Gasteiger partial charge in [-0.15, -0.1) is 0 Å². The van der Waals surface area contributed by atoms with Crippen molar-refractivity contribution in [3.8, 4) is 16.9 Å². The lowest BCUT2D eigenvalue weighted by Crippen LogP contribution is -2.41. The molecule has 1 amide bonds. The highest BCUT2D eigenvalue weighted by Gasteiger charge is 2.42. The first-order chi connectivity index (χ1) is 15.0. The van der Waals surface area contributed by atoms with E-state index in [0.717, 1.165) is 16.7 Å². The number of hydrogen-bond donors (Lipinski definition) is 1. The number of likely N-dealkylation sites (tertiary alicyclic amines) is 1. The maximum atomic E-state index is 13.5. The van der Waals surface area contributed by atoms with Crippen molar-refractivity contribution in [2.75, 3.05) is 7.11 Å². The number of halogens is 1. The normalized spacial score (nSPS) is 18.1. The van der Waals surface area contributed by atoms with Crippen LogP contribution in [-0.4, -0.2) is 45.0 Å². The Morgan fingerprint density at radius 3 is 2.55 bits per heavy atom. The smallest absolute Gasteiger partial charge is 0.326 e. The number of rotatable bonds is 5. The van der Waals surface area contributed by atoms with Gasteiger partial charge in [0, 0.05) is 34.1 Å². The van der Waals surface area contributed by atoms with Crippen molar-refractivity contribution >= 4 is 23.5 Å². The third-order valence-electron chi connectivity index (χ3n) is 5.49. The average Bonchev–Trinajstić information content (AvgIpc) is 3.24. The summed E-state index contributed by atoms with van der Waals surface area (Å²) in [5.41, 5.74) is 2.56. The van der Waals surface area contributed by atoms with Gasteiger partial charge in [0.2, 0.25) is 0 Å². The Morgan fingerprint density at radius 2 is 1.87 bits per heavy atom. The number of ether oxygens (including phenoxy) is 1. The van der Waals surface area contributed by atoms with Gasteiger partial charge in [-0.2, -0.15) is 0 Å². The van der Waals surface area contributed by atoms with E-state index < -0.39 is 18.1 Å². The highest BCUT2D eigenvalue weighted by molar-refractivity contribution is 6.31. The highest BCUT2D eigenvalue weighted by atomic mass is 35.5. The van der Waals surface area contributed by atoms with Crippen LogP contribution in [-0.2, 0) is 4.79 Å². The Bertz CT molecular complexity index is 1120. The zero-order valence-corrected chi connectivity index (χ0v) is 17.5. The molecule has 2 aromatic carbocycles. The van der Waals surface area contributed by atoms with Crippen molar-refractivity contribution < 1.29 is 19.4 Å². The zero-order chi connectivity index (χ0) is 22.0. The number of aromatic nitrogens is 2. The third-order valence-corrected chi connectivity index (χ3v) is 5.83. The van der Waals surface area contributed by atoms with Gasteiger partial charge in [-0.1, -0.05) is 29.8 Å². The molecule has 1 fully saturated rings. The van der Waals surface area contributed by atoms with Gasteiger partial charge in [-0.3, -0.25) is 4.79 Å². The predicted octanol–water partition coefficient (Wildman–Crippen LogP) is 4.24. The molecule has 2 heterocycles. The molecule has 1 N–H and O–H groups in total. The Balaban J connectivity index is 1.73. The molecule has 31 heavy (non-hydrogen) atoms. The van der Waals surface area contributed by atoms with Gasteiger partial charge >= 0.3 is 5.97 Å². The minimum absolute atomic E-state index is 0.336. The first kappa shape index (κ1) is 20.8. The van der Waals surface area contributed by atoms with Crippen LogP contribution >= 0.6 is 11.6 Å². The molecular formula is C23H20ClN3O4. The van der Waals surface area contributed by atoms with E-state index in [4.69, 9.17) is 16.3 Å². The van der Waals surface area contributed by atoms with Gasteiger partial charge in [0.1, 0.15) is 18.1 Å². The molecule has 8 heteroatoms. The summed E-state index contributed by atoms with van der Waals surface area (Å²) in [6, 6.07) is 10.9. The quantitative estimate of drug-likeness (QED) is 0.641. The lowest BCUT2D eigenvalue weighted by molar-refractivity contribution is -0.141. The van der Waals surface area contributed by atoms with E-state index in [9.17, 15) is 14.7 Å². The maximum Gasteiger partial charge on any atom is 0.326 e. The molecule has 0 spiro atoms. The molecule has 158 valence electrons. The van der Waals surface area contributed by atoms with Crippen LogP contribution < -0.4 is 4.74 Å². The number of benzene rings is 2. The molecular weight excluding hydrogens is 418 g/mol. The van der Waals surface area contributed by atoms with Gasteiger partial charge in [-0.05, 0) is 42.7 Å². The van der Waals surface area contributed by atoms with Crippen molar-refractivity contribution in [3.63, 3.8) is 0 Å². The number of carbonyl (C=O) groups is 2. The number of aliphatic carboxylic acids is 1. The standard InChI is InChI=1S/C23H20ClN3O4/c1-31-21-10-14(6-7-16(21)15-11-25-13-26-12-15)22(28)27-19(8-9-20(27)23(29)30)17-4-2-3-5-18(17)24/h2-7,10-13,19-20H,8-9H2,1H3,(H,29,30)/t19-,20+/m1/s1. The van der Waals surface area contributed by atoms with Gasteiger partial charge in [0.25, 0.3) is 5.91 Å². The highest BCUT2D eigenvalue weighted by Crippen LogP contribution is 2.41. The summed E-state index contributed by atoms with van der Waals surface area (Å²) < 4.78 is 5.49. The first-order valence-corrected chi connectivity index (χ1v) is 10.1. The Labute approximate surface area is 184 Å². The Hall–Kier alpha value is -3.45. The second kappa shape index (κ2) is 8.73. The predicted molar refractivity (Wildman–Crippen MR) is 115 cm³/mol. The average molecular weight is 438 g/mol. The molecule has 1 aliphatic rings. The molecule has 1 aromatic heterocycles. The summed E-state index contributed by atoms with van der Waals surface area (Å²) in [4.78, 5) is 34.9. The van der Waals surface area contributed by atoms with E-state index >= 15 is 0 Å². The molecule has 2 atom stereocenters. The Kier molecular flexibility index (Phi) is 5.86. The fourth-order valence-electron chi connectivity index (χ4n) is 4.04. The fraction of sp³-hybridized carbons (Fsp3) is 0.217. The lowest BCUT2D eigenvalue weighted by Gasteiger charge is -2.29. The second-order valence-corrected chi connectivity index (χ2v) is 7.63. The van der Waals surface area contributed by atoms with Crippen LogP contribution in [0.3, 0.4) is 0 Å². The molecule has 0 bridgehead atoms. The van der Waals surface area contributed by atoms with E-state index in [1.807, 2.05) is 12.1 Å². The van der Waals surface area contributed by atoms with Gasteiger partial charge in [0.15, 0.2) is 0 Å². The minimum Gasteiger partial charge on any atom is -0.496 e. The van der Waals surface area contributed by atoms with Crippen LogP contribution in [0.15, 0.2) is 61.2 Å². The van der Waals surface area contributed by atoms with Crippen LogP contribution in [0.2, 0.25) is 5.02 Å². The molecule has 0 saturated carbocycles. The van der Waals surface area contributed by atoms with E-state index in [1.54, 1.807) is 42.7 Å². The summed E-state index contributed by atoms with van der Waals surface area (Å²) in [5.74, 6) is -0.946. The largest absolute Gasteiger partial charge is 0.496 e. The lowest BCUT2D eigenvalue weighted by atomic mass is 10.0. The van der Waals surface area contributed by atoms with Crippen molar-refractivity contribution in [2.24, 2.45) is 0 Å². The fourth-order valence-corrected chi connectivity index (χ4v) is 4.30. The third kappa shape index (κ3) is 3.96. The number of carbonyl (C=O) groups excluding carboxylic acids is 1. The Morgan fingerprint density at radius 1 is 1.13 bits per heavy atom. The molecule has 1 saturated heterocycles. The molecule has 3 aromatic rings. The van der Waals surface area contributed by atoms with E-state index in [2.05, 4.69) is 9.97 Å². The minimum atomic E-state index is -1.03. The monoisotopic (exact) mass is 437 g/mol. The molecule has 0 unspecified atom stereocenters. The number of amides is 1. The van der Waals surface area contributed by atoms with Crippen molar-refractivity contribution in [2.45, 2.75) is 24.9 Å². The number of carboxylic acid groups (broad SMARTS) is 1. The van der Waals surface area contributed by atoms with Crippen molar-refractivity contribution in [1.82, 2.24) is 14.9 Å². The van der Waals surface area contributed by atoms with Gasteiger partial charge < -0.3 is 14.7 Å². The summed E-state index contributed by atoms with van der Waals surface area (Å²) in [6.07, 6.45) is 5.61. The molecule has 0 aliphatic carbocycles. The summed E-state index contributed by atoms with van der Waals surface area (Å²) >= 11 is 6.37. The van der Waals surface area contributed by atoms with Crippen molar-refractivity contribution in [1.29, 1.82) is 0 Å². The number of methoxy groups -OCH3 is 1. The first-order valence-electron chi connectivity index (χ1n) is 9.74. The second-order valence-electron chi connectivity index (χ2n) is 7.22. The SMILES string of the molecule is COc1cc(C(=O)N2[C@@H](c3ccccc3Cl)CC[C@H]2C(=O)O)ccc1-c1cncnc1. The summed E-state index contributed by atoms with van der Waals surface area (Å²) in [6.45, 7) is 0. The molecule has 0 radical (unpaired) electrons. The summed E-state index contributed by atoms with van der Waals surface area (Å²) in [5, 5.41) is 10.2. The number of nitrogens with zero attached hydrogens (tertiary/aromatic N) is 3. The van der Waals surface area contributed by atoms with E-state index in [-0.39, 0.29) is 5.91 Å². The number of hydrogen-bond acceptors (Lipinski definition) is 5. The topological polar surface area (TPSA) is 92.6 Å². The van der Waals surface area contributed by atoms with Crippen molar-refractivity contribution in [3.05, 3.63) is 77.3 Å². The number of carboxylic acids is 1. The van der Waals surface area contributed by atoms with Crippen LogP contribution in [0, 0.1) is 0 Å². The zero-order valence-electron chi connectivity index (χ0n) is 16.7. The van der Waals surface area contributed by atoms with Crippen LogP contribution in [0.25, 0.3) is 11.1 Å². The van der Waals surface area contributed by atoms with Gasteiger partial charge in [0.05, 0.1) is 13.2 Å². The molecule has 7 nitrogen and oxygen atoms in total. The van der Waals surface area contributed by atoms with Crippen LogP contribution in [0.1, 0.15) is 34.8 Å². The van der Waals surface area contributed by atoms with Gasteiger partial charge in [-0.25, -0.2) is 14.8 Å². The summed E-state index contributed by atoms with van der Waals surface area (Å²) in [7, 11) is 1.51. The van der Waals surface area contributed by atoms with E-state index in [1.165, 1.54) is 18.3 Å². The van der Waals surface area contributed by atoms with Crippen LogP contribution in [0.5, 0.6) is 5.75 Å². The molecule has 1 aliphatic heterocycles. The maximum absolute atomic E-state index is 13.5. The van der Waals surface area contributed by atoms with E-state index in [0.29, 0.717) is 29.2 Å².